The van der Waals surface area contributed by atoms with Crippen LogP contribution in [0.1, 0.15) is 12.0 Å². The molecule has 0 saturated carbocycles. The van der Waals surface area contributed by atoms with Gasteiger partial charge in [-0.2, -0.15) is 5.10 Å². The van der Waals surface area contributed by atoms with Crippen molar-refractivity contribution >= 4 is 5.65 Å². The molecule has 0 bridgehead atoms. The number of nitrogens with zero attached hydrogens (tertiary/aromatic N) is 6. The Labute approximate surface area is 198 Å². The van der Waals surface area contributed by atoms with Crippen molar-refractivity contribution in [2.45, 2.75) is 19.4 Å². The van der Waals surface area contributed by atoms with Crippen LogP contribution in [0.15, 0.2) is 61.2 Å². The highest BCUT2D eigenvalue weighted by molar-refractivity contribution is 5.73. The van der Waals surface area contributed by atoms with E-state index in [2.05, 4.69) is 20.2 Å². The molecule has 1 unspecified atom stereocenters. The van der Waals surface area contributed by atoms with Crippen molar-refractivity contribution in [2.75, 3.05) is 13.2 Å². The number of rotatable bonds is 5. The van der Waals surface area contributed by atoms with Crippen LogP contribution in [-0.2, 0) is 4.74 Å². The minimum atomic E-state index is -0.952. The van der Waals surface area contributed by atoms with Crippen LogP contribution in [0, 0.1) is 18.6 Å². The molecule has 5 aromatic rings. The van der Waals surface area contributed by atoms with Crippen molar-refractivity contribution in [3.63, 3.8) is 0 Å². The molecule has 0 N–H and O–H groups in total. The molecule has 1 atom stereocenters. The van der Waals surface area contributed by atoms with E-state index in [9.17, 15) is 8.78 Å². The molecule has 0 radical (unpaired) electrons. The van der Waals surface area contributed by atoms with Crippen molar-refractivity contribution < 1.29 is 18.3 Å². The molecule has 5 heterocycles. The van der Waals surface area contributed by atoms with Crippen LogP contribution in [0.2, 0.25) is 0 Å². The lowest BCUT2D eigenvalue weighted by molar-refractivity contribution is 0.137. The number of fused-ring (bicyclic) bond motifs is 1. The maximum Gasteiger partial charge on any atom is 0.240 e. The first-order chi connectivity index (χ1) is 17.1. The molecular weight excluding hydrogens is 454 g/mol. The Balaban J connectivity index is 1.49. The Morgan fingerprint density at radius 1 is 1.09 bits per heavy atom. The summed E-state index contributed by atoms with van der Waals surface area (Å²) in [7, 11) is 0. The number of aryl methyl sites for hydroxylation is 1. The van der Waals surface area contributed by atoms with Gasteiger partial charge in [0, 0.05) is 29.9 Å². The van der Waals surface area contributed by atoms with E-state index < -0.39 is 11.6 Å². The SMILES string of the molecule is Cc1cc(F)c(F)c(-c2cnc3cc(-c4cnn(-c5ccccn5)c4)c(OC4CCOC4)nn23)c1. The number of ether oxygens (including phenoxy) is 2. The Morgan fingerprint density at radius 3 is 2.80 bits per heavy atom. The molecular formula is C25H20F2N6O2. The molecule has 1 saturated heterocycles. The second-order valence-corrected chi connectivity index (χ2v) is 8.35. The molecule has 0 spiro atoms. The third kappa shape index (κ3) is 3.91. The van der Waals surface area contributed by atoms with Crippen molar-refractivity contribution in [1.29, 1.82) is 0 Å². The first kappa shape index (κ1) is 21.4. The van der Waals surface area contributed by atoms with Gasteiger partial charge in [-0.15, -0.1) is 5.10 Å². The van der Waals surface area contributed by atoms with Crippen molar-refractivity contribution in [1.82, 2.24) is 29.4 Å². The molecule has 1 aromatic carbocycles. The second-order valence-electron chi connectivity index (χ2n) is 8.35. The Hall–Kier alpha value is -4.18. The standard InChI is InChI=1S/C25H20F2N6O2/c1-15-8-19(24(27)20(26)9-15)21-12-29-23-10-18(25(31-33(21)23)35-17-5-7-34-14-17)16-11-30-32(13-16)22-4-2-3-6-28-22/h2-4,6,8-13,17H,5,7,14H2,1H3. The van der Waals surface area contributed by atoms with Crippen molar-refractivity contribution in [3.05, 3.63) is 78.4 Å². The van der Waals surface area contributed by atoms with E-state index in [0.29, 0.717) is 47.4 Å². The zero-order valence-electron chi connectivity index (χ0n) is 18.7. The summed E-state index contributed by atoms with van der Waals surface area (Å²) in [5.41, 5.74) is 2.86. The van der Waals surface area contributed by atoms with E-state index in [0.717, 1.165) is 18.1 Å². The van der Waals surface area contributed by atoms with Gasteiger partial charge in [0.25, 0.3) is 0 Å². The molecule has 0 aliphatic carbocycles. The molecule has 10 heteroatoms. The zero-order valence-corrected chi connectivity index (χ0v) is 18.7. The van der Waals surface area contributed by atoms with Crippen LogP contribution in [0.25, 0.3) is 33.8 Å². The number of imidazole rings is 1. The first-order valence-electron chi connectivity index (χ1n) is 11.1. The van der Waals surface area contributed by atoms with E-state index in [-0.39, 0.29) is 11.7 Å². The van der Waals surface area contributed by atoms with Gasteiger partial charge in [-0.1, -0.05) is 6.07 Å². The molecule has 35 heavy (non-hydrogen) atoms. The summed E-state index contributed by atoms with van der Waals surface area (Å²) in [5, 5.41) is 9.10. The fraction of sp³-hybridized carbons (Fsp3) is 0.200. The van der Waals surface area contributed by atoms with Gasteiger partial charge in [-0.05, 0) is 42.8 Å². The second kappa shape index (κ2) is 8.55. The molecule has 4 aromatic heterocycles. The van der Waals surface area contributed by atoms with Gasteiger partial charge in [0.1, 0.15) is 6.10 Å². The molecule has 6 rings (SSSR count). The smallest absolute Gasteiger partial charge is 0.240 e. The average molecular weight is 474 g/mol. The lowest BCUT2D eigenvalue weighted by Gasteiger charge is -2.15. The normalized spacial score (nSPS) is 15.7. The van der Waals surface area contributed by atoms with Crippen LogP contribution in [-0.4, -0.2) is 48.7 Å². The quantitative estimate of drug-likeness (QED) is 0.376. The lowest BCUT2D eigenvalue weighted by Crippen LogP contribution is -2.18. The van der Waals surface area contributed by atoms with Gasteiger partial charge in [0.2, 0.25) is 5.88 Å². The average Bonchev–Trinajstić information content (AvgIpc) is 3.63. The van der Waals surface area contributed by atoms with E-state index >= 15 is 0 Å². The minimum absolute atomic E-state index is 0.0772. The monoisotopic (exact) mass is 474 g/mol. The molecule has 0 amide bonds. The third-order valence-corrected chi connectivity index (χ3v) is 5.85. The van der Waals surface area contributed by atoms with E-state index in [1.165, 1.54) is 10.7 Å². The summed E-state index contributed by atoms with van der Waals surface area (Å²) in [6.07, 6.45) is 7.24. The number of benzene rings is 1. The molecule has 1 aliphatic heterocycles. The number of hydrogen-bond acceptors (Lipinski definition) is 6. The molecule has 176 valence electrons. The van der Waals surface area contributed by atoms with Crippen LogP contribution in [0.5, 0.6) is 5.88 Å². The maximum absolute atomic E-state index is 14.7. The topological polar surface area (TPSA) is 79.4 Å². The van der Waals surface area contributed by atoms with Gasteiger partial charge in [0.05, 0.1) is 36.9 Å². The van der Waals surface area contributed by atoms with Crippen LogP contribution in [0.3, 0.4) is 0 Å². The van der Waals surface area contributed by atoms with E-state index in [4.69, 9.17) is 9.47 Å². The summed E-state index contributed by atoms with van der Waals surface area (Å²) in [6, 6.07) is 10.1. The summed E-state index contributed by atoms with van der Waals surface area (Å²) in [6.45, 7) is 2.75. The highest BCUT2D eigenvalue weighted by atomic mass is 19.2. The van der Waals surface area contributed by atoms with Gasteiger partial charge >= 0.3 is 0 Å². The lowest BCUT2D eigenvalue weighted by atomic mass is 10.1. The van der Waals surface area contributed by atoms with Crippen LogP contribution < -0.4 is 4.74 Å². The highest BCUT2D eigenvalue weighted by Gasteiger charge is 2.23. The van der Waals surface area contributed by atoms with Crippen molar-refractivity contribution in [2.24, 2.45) is 0 Å². The zero-order chi connectivity index (χ0) is 23.9. The summed E-state index contributed by atoms with van der Waals surface area (Å²) in [4.78, 5) is 8.74. The van der Waals surface area contributed by atoms with Gasteiger partial charge < -0.3 is 9.47 Å². The highest BCUT2D eigenvalue weighted by Crippen LogP contribution is 2.33. The van der Waals surface area contributed by atoms with Gasteiger partial charge in [-0.3, -0.25) is 0 Å². The van der Waals surface area contributed by atoms with Gasteiger partial charge in [0.15, 0.2) is 23.1 Å². The predicted molar refractivity (Wildman–Crippen MR) is 123 cm³/mol. The predicted octanol–water partition coefficient (Wildman–Crippen LogP) is 4.40. The van der Waals surface area contributed by atoms with Crippen LogP contribution in [0.4, 0.5) is 8.78 Å². The van der Waals surface area contributed by atoms with Gasteiger partial charge in [-0.25, -0.2) is 27.9 Å². The Bertz CT molecular complexity index is 1530. The summed E-state index contributed by atoms with van der Waals surface area (Å²) < 4.78 is 43.6. The Morgan fingerprint density at radius 2 is 2.00 bits per heavy atom. The summed E-state index contributed by atoms with van der Waals surface area (Å²) in [5.74, 6) is -0.888. The summed E-state index contributed by atoms with van der Waals surface area (Å²) >= 11 is 0. The largest absolute Gasteiger partial charge is 0.470 e. The van der Waals surface area contributed by atoms with E-state index in [1.54, 1.807) is 36.1 Å². The van der Waals surface area contributed by atoms with Crippen molar-refractivity contribution in [3.8, 4) is 34.1 Å². The number of aromatic nitrogens is 6. The molecule has 1 fully saturated rings. The number of hydrogen-bond donors (Lipinski definition) is 0. The fourth-order valence-corrected chi connectivity index (χ4v) is 4.13. The maximum atomic E-state index is 14.7. The van der Waals surface area contributed by atoms with Crippen LogP contribution >= 0.6 is 0 Å². The molecule has 1 aliphatic rings. The number of halogens is 2. The minimum Gasteiger partial charge on any atom is -0.470 e. The Kier molecular flexibility index (Phi) is 5.22. The number of pyridine rings is 1. The third-order valence-electron chi connectivity index (χ3n) is 5.85. The molecule has 8 nitrogen and oxygen atoms in total. The first-order valence-corrected chi connectivity index (χ1v) is 11.1. The fourth-order valence-electron chi connectivity index (χ4n) is 4.13. The van der Waals surface area contributed by atoms with E-state index in [1.807, 2.05) is 24.4 Å².